The monoisotopic (exact) mass is 610 g/mol. The summed E-state index contributed by atoms with van der Waals surface area (Å²) >= 11 is 0. The Labute approximate surface area is 265 Å². The van der Waals surface area contributed by atoms with E-state index >= 15 is 0 Å². The predicted octanol–water partition coefficient (Wildman–Crippen LogP) is 8.39. The maximum Gasteiger partial charge on any atom is 0.310 e. The third-order valence-electron chi connectivity index (χ3n) is 16.4. The molecule has 0 aliphatic heterocycles. The summed E-state index contributed by atoms with van der Waals surface area (Å²) < 4.78 is 6.36. The van der Waals surface area contributed by atoms with Crippen LogP contribution < -0.4 is 0 Å². The minimum Gasteiger partial charge on any atom is -0.481 e. The van der Waals surface area contributed by atoms with Crippen molar-refractivity contribution in [2.24, 2.45) is 73.9 Å². The van der Waals surface area contributed by atoms with Crippen molar-refractivity contribution in [2.45, 2.75) is 132 Å². The molecule has 6 saturated carbocycles. The van der Waals surface area contributed by atoms with Crippen LogP contribution in [0.1, 0.15) is 126 Å². The first kappa shape index (κ1) is 32.1. The predicted molar refractivity (Wildman–Crippen MR) is 169 cm³/mol. The third-order valence-corrected chi connectivity index (χ3v) is 16.4. The zero-order chi connectivity index (χ0) is 32.4. The molecule has 44 heavy (non-hydrogen) atoms. The molecular formula is C38H58O6. The lowest BCUT2D eigenvalue weighted by Crippen LogP contribution is -2.67. The van der Waals surface area contributed by atoms with Gasteiger partial charge in [-0.3, -0.25) is 14.4 Å². The van der Waals surface area contributed by atoms with E-state index in [1.165, 1.54) is 5.57 Å². The molecule has 0 radical (unpaired) electrons. The van der Waals surface area contributed by atoms with Crippen LogP contribution in [0.3, 0.4) is 0 Å². The van der Waals surface area contributed by atoms with Gasteiger partial charge < -0.3 is 14.9 Å². The Morgan fingerprint density at radius 1 is 0.773 bits per heavy atom. The smallest absolute Gasteiger partial charge is 0.310 e. The molecule has 0 aromatic heterocycles. The lowest BCUT2D eigenvalue weighted by molar-refractivity contribution is -0.250. The van der Waals surface area contributed by atoms with Gasteiger partial charge in [0.25, 0.3) is 0 Å². The van der Waals surface area contributed by atoms with Crippen LogP contribution in [0.4, 0.5) is 0 Å². The zero-order valence-corrected chi connectivity index (χ0v) is 28.6. The highest BCUT2D eigenvalue weighted by Crippen LogP contribution is 2.77. The first-order valence-corrected chi connectivity index (χ1v) is 17.6. The molecule has 6 aliphatic rings. The summed E-state index contributed by atoms with van der Waals surface area (Å²) in [6.45, 7) is 22.7. The van der Waals surface area contributed by atoms with Gasteiger partial charge >= 0.3 is 17.9 Å². The molecule has 0 saturated heterocycles. The summed E-state index contributed by atoms with van der Waals surface area (Å²) in [7, 11) is 0. The van der Waals surface area contributed by atoms with Crippen LogP contribution in [-0.2, 0) is 19.1 Å². The Balaban J connectivity index is 1.25. The van der Waals surface area contributed by atoms with E-state index in [2.05, 4.69) is 48.1 Å². The highest BCUT2D eigenvalue weighted by atomic mass is 16.5. The van der Waals surface area contributed by atoms with Gasteiger partial charge in [-0.2, -0.15) is 0 Å². The summed E-state index contributed by atoms with van der Waals surface area (Å²) in [5.41, 5.74) is 0.425. The Bertz CT molecular complexity index is 1270. The summed E-state index contributed by atoms with van der Waals surface area (Å²) in [5.74, 6) is -0.251. The van der Waals surface area contributed by atoms with Gasteiger partial charge in [0.15, 0.2) is 0 Å². The van der Waals surface area contributed by atoms with Gasteiger partial charge in [0.1, 0.15) is 6.10 Å². The minimum absolute atomic E-state index is 0.0170. The van der Waals surface area contributed by atoms with Crippen LogP contribution in [-0.4, -0.2) is 34.2 Å². The molecule has 0 amide bonds. The molecule has 246 valence electrons. The Morgan fingerprint density at radius 3 is 2.07 bits per heavy atom. The fourth-order valence-electron chi connectivity index (χ4n) is 13.7. The van der Waals surface area contributed by atoms with Crippen LogP contribution in [0.15, 0.2) is 12.2 Å². The molecule has 6 aliphatic carbocycles. The van der Waals surface area contributed by atoms with E-state index in [1.807, 2.05) is 13.8 Å². The maximum absolute atomic E-state index is 13.5. The second-order valence-electron chi connectivity index (χ2n) is 18.4. The van der Waals surface area contributed by atoms with Gasteiger partial charge in [-0.25, -0.2) is 0 Å². The highest BCUT2D eigenvalue weighted by Gasteiger charge is 2.72. The number of rotatable bonds is 6. The Hall–Kier alpha value is -1.85. The fraction of sp³-hybridized carbons (Fsp3) is 0.868. The largest absolute Gasteiger partial charge is 0.481 e. The maximum atomic E-state index is 13.5. The first-order chi connectivity index (χ1) is 20.3. The molecule has 6 nitrogen and oxygen atoms in total. The molecule has 6 fully saturated rings. The van der Waals surface area contributed by atoms with Gasteiger partial charge in [0.05, 0.1) is 11.3 Å². The Morgan fingerprint density at radius 2 is 1.45 bits per heavy atom. The molecule has 0 bridgehead atoms. The highest BCUT2D eigenvalue weighted by molar-refractivity contribution is 5.80. The van der Waals surface area contributed by atoms with Crippen molar-refractivity contribution in [3.05, 3.63) is 12.2 Å². The van der Waals surface area contributed by atoms with E-state index in [-0.39, 0.29) is 63.3 Å². The summed E-state index contributed by atoms with van der Waals surface area (Å²) in [6.07, 6.45) is 9.75. The van der Waals surface area contributed by atoms with Gasteiger partial charge in [-0.15, -0.1) is 0 Å². The number of carbonyl (C=O) groups excluding carboxylic acids is 1. The van der Waals surface area contributed by atoms with Crippen molar-refractivity contribution in [2.75, 3.05) is 0 Å². The molecule has 6 rings (SSSR count). The lowest BCUT2D eigenvalue weighted by Gasteiger charge is -2.72. The number of allylic oxidation sites excluding steroid dienone is 1. The first-order valence-electron chi connectivity index (χ1n) is 17.6. The topological polar surface area (TPSA) is 101 Å². The van der Waals surface area contributed by atoms with Gasteiger partial charge in [-0.1, -0.05) is 60.6 Å². The molecule has 0 aromatic carbocycles. The molecule has 0 aromatic rings. The van der Waals surface area contributed by atoms with Crippen molar-refractivity contribution in [3.8, 4) is 0 Å². The number of esters is 1. The molecule has 2 N–H and O–H groups in total. The van der Waals surface area contributed by atoms with Crippen LogP contribution in [0.5, 0.6) is 0 Å². The van der Waals surface area contributed by atoms with Crippen molar-refractivity contribution < 1.29 is 29.3 Å². The van der Waals surface area contributed by atoms with Gasteiger partial charge in [-0.05, 0) is 128 Å². The number of aliphatic carboxylic acids is 2. The van der Waals surface area contributed by atoms with E-state index in [1.54, 1.807) is 0 Å². The Kier molecular flexibility index (Phi) is 7.17. The normalized spacial score (nSPS) is 49.8. The summed E-state index contributed by atoms with van der Waals surface area (Å²) in [4.78, 5) is 37.8. The average molecular weight is 611 g/mol. The molecule has 6 heteroatoms. The van der Waals surface area contributed by atoms with Crippen molar-refractivity contribution in [3.63, 3.8) is 0 Å². The number of fused-ring (bicyclic) bond motifs is 7. The number of carboxylic acids is 2. The molecule has 0 spiro atoms. The quantitative estimate of drug-likeness (QED) is 0.231. The standard InChI is InChI=1S/C38H58O6/c1-21(2)22-12-17-38(32(42)43)19-18-36(8)23(29(22)38)10-11-26-35(7)15-14-27(34(5,6)25(35)13-16-37(26,36)9)44-31(41)30-24(20-28(39)40)33(30,3)4/h22-27,29-30H,1,10-20H2,2-9H3,(H,39,40)(H,42,43)/t22-,23+,24+,25-,26+,27-,29+,30+,35-,36+,37+,38-/m0/s1. The fourth-order valence-corrected chi connectivity index (χ4v) is 13.7. The second kappa shape index (κ2) is 9.83. The minimum atomic E-state index is -0.851. The van der Waals surface area contributed by atoms with E-state index < -0.39 is 17.4 Å². The number of hydrogen-bond donors (Lipinski definition) is 2. The summed E-state index contributed by atoms with van der Waals surface area (Å²) in [5, 5.41) is 20.0. The second-order valence-corrected chi connectivity index (χ2v) is 18.4. The van der Waals surface area contributed by atoms with Crippen molar-refractivity contribution in [1.29, 1.82) is 0 Å². The number of ether oxygens (including phenoxy) is 1. The molecule has 0 heterocycles. The zero-order valence-electron chi connectivity index (χ0n) is 28.6. The van der Waals surface area contributed by atoms with E-state index in [4.69, 9.17) is 4.74 Å². The lowest BCUT2D eigenvalue weighted by atomic mass is 9.32. The van der Waals surface area contributed by atoms with Crippen LogP contribution in [0.25, 0.3) is 0 Å². The van der Waals surface area contributed by atoms with E-state index in [0.717, 1.165) is 64.2 Å². The van der Waals surface area contributed by atoms with Crippen LogP contribution >= 0.6 is 0 Å². The molecule has 0 unspecified atom stereocenters. The number of carbonyl (C=O) groups is 3. The molecule has 12 atom stereocenters. The average Bonchev–Trinajstić information content (AvgIpc) is 3.24. The van der Waals surface area contributed by atoms with Crippen LogP contribution in [0.2, 0.25) is 0 Å². The van der Waals surface area contributed by atoms with Crippen molar-refractivity contribution in [1.82, 2.24) is 0 Å². The SMILES string of the molecule is C=C(C)[C@@H]1CC[C@]2(C(=O)O)CC[C@]3(C)[C@H](CC[C@@H]4[C@@]5(C)CC[C@H](OC(=O)[C@H]6[C@@H](CC(=O)O)C6(C)C)C(C)(C)[C@@H]5CC[C@]43C)[C@@H]12. The van der Waals surface area contributed by atoms with Gasteiger partial charge in [0, 0.05) is 11.8 Å². The number of hydrogen-bond acceptors (Lipinski definition) is 4. The molecular weight excluding hydrogens is 552 g/mol. The summed E-state index contributed by atoms with van der Waals surface area (Å²) in [6, 6.07) is 0. The number of carboxylic acid groups (broad SMARTS) is 2. The van der Waals surface area contributed by atoms with E-state index in [0.29, 0.717) is 23.7 Å². The van der Waals surface area contributed by atoms with E-state index in [9.17, 15) is 24.6 Å². The third kappa shape index (κ3) is 4.06. The van der Waals surface area contributed by atoms with Crippen molar-refractivity contribution >= 4 is 17.9 Å². The van der Waals surface area contributed by atoms with Gasteiger partial charge in [0.2, 0.25) is 0 Å². The van der Waals surface area contributed by atoms with Crippen LogP contribution in [0, 0.1) is 73.9 Å².